The van der Waals surface area contributed by atoms with Crippen LogP contribution in [-0.2, 0) is 4.79 Å². The minimum atomic E-state index is -0.392. The fourth-order valence-electron chi connectivity index (χ4n) is 3.14. The summed E-state index contributed by atoms with van der Waals surface area (Å²) >= 11 is 0. The zero-order valence-corrected chi connectivity index (χ0v) is 16.0. The van der Waals surface area contributed by atoms with E-state index >= 15 is 0 Å². The lowest BCUT2D eigenvalue weighted by molar-refractivity contribution is -0.131. The van der Waals surface area contributed by atoms with Crippen molar-refractivity contribution in [2.75, 3.05) is 7.11 Å². The van der Waals surface area contributed by atoms with Gasteiger partial charge in [0.2, 0.25) is 0 Å². The van der Waals surface area contributed by atoms with E-state index in [1.54, 1.807) is 54.1 Å². The molecule has 0 saturated heterocycles. The molecule has 0 spiro atoms. The molecular formula is C23H18N2O4. The third-order valence-corrected chi connectivity index (χ3v) is 4.48. The maximum atomic E-state index is 13.3. The Hall–Kier alpha value is -3.93. The molecule has 0 aliphatic carbocycles. The summed E-state index contributed by atoms with van der Waals surface area (Å²) < 4.78 is 11.9. The Kier molecular flexibility index (Phi) is 4.83. The lowest BCUT2D eigenvalue weighted by Gasteiger charge is -2.14. The first kappa shape index (κ1) is 18.4. The van der Waals surface area contributed by atoms with Crippen LogP contribution in [0.4, 0.5) is 0 Å². The average molecular weight is 386 g/mol. The normalized spacial score (nSPS) is 10.7. The van der Waals surface area contributed by atoms with E-state index in [0.29, 0.717) is 33.9 Å². The summed E-state index contributed by atoms with van der Waals surface area (Å²) in [6.45, 7) is 1.35. The molecule has 0 unspecified atom stereocenters. The molecule has 29 heavy (non-hydrogen) atoms. The number of methoxy groups -OCH3 is 1. The summed E-state index contributed by atoms with van der Waals surface area (Å²) in [4.78, 5) is 29.2. The predicted octanol–water partition coefficient (Wildman–Crippen LogP) is 3.99. The summed E-state index contributed by atoms with van der Waals surface area (Å²) in [5.41, 5.74) is 1.84. The molecule has 0 N–H and O–H groups in total. The molecule has 0 aliphatic heterocycles. The number of carbonyl (C=O) groups is 1. The number of esters is 1. The first-order chi connectivity index (χ1) is 14.1. The molecule has 0 radical (unpaired) electrons. The van der Waals surface area contributed by atoms with E-state index in [0.717, 1.165) is 5.56 Å². The number of hydrogen-bond donors (Lipinski definition) is 0. The van der Waals surface area contributed by atoms with Crippen molar-refractivity contribution in [3.8, 4) is 28.6 Å². The van der Waals surface area contributed by atoms with Crippen LogP contribution in [0, 0.1) is 0 Å². The van der Waals surface area contributed by atoms with Crippen molar-refractivity contribution >= 4 is 16.9 Å². The largest absolute Gasteiger partial charge is 0.497 e. The zero-order chi connectivity index (χ0) is 20.4. The molecule has 0 fully saturated rings. The van der Waals surface area contributed by atoms with E-state index in [4.69, 9.17) is 14.5 Å². The molecule has 0 atom stereocenters. The molecular weight excluding hydrogens is 368 g/mol. The highest BCUT2D eigenvalue weighted by Crippen LogP contribution is 2.25. The summed E-state index contributed by atoms with van der Waals surface area (Å²) in [5.74, 6) is 1.23. The van der Waals surface area contributed by atoms with Crippen molar-refractivity contribution in [2.45, 2.75) is 6.92 Å². The van der Waals surface area contributed by atoms with Crippen LogP contribution in [-0.4, -0.2) is 22.6 Å². The van der Waals surface area contributed by atoms with E-state index in [9.17, 15) is 9.59 Å². The fraction of sp³-hybridized carbons (Fsp3) is 0.0870. The molecule has 0 saturated carbocycles. The van der Waals surface area contributed by atoms with Crippen LogP contribution in [0.15, 0.2) is 77.6 Å². The molecule has 0 bridgehead atoms. The maximum absolute atomic E-state index is 13.3. The van der Waals surface area contributed by atoms with Crippen molar-refractivity contribution in [3.63, 3.8) is 0 Å². The van der Waals surface area contributed by atoms with Crippen molar-refractivity contribution in [2.24, 2.45) is 0 Å². The Balaban J connectivity index is 1.94. The van der Waals surface area contributed by atoms with Gasteiger partial charge < -0.3 is 9.47 Å². The summed E-state index contributed by atoms with van der Waals surface area (Å²) in [5, 5.41) is 0.531. The molecule has 1 aromatic heterocycles. The van der Waals surface area contributed by atoms with Gasteiger partial charge in [-0.3, -0.25) is 14.2 Å². The van der Waals surface area contributed by atoms with E-state index in [-0.39, 0.29) is 5.56 Å². The molecule has 0 amide bonds. The van der Waals surface area contributed by atoms with Crippen molar-refractivity contribution in [1.29, 1.82) is 0 Å². The van der Waals surface area contributed by atoms with Crippen LogP contribution in [0.5, 0.6) is 11.5 Å². The van der Waals surface area contributed by atoms with Crippen LogP contribution in [0.3, 0.4) is 0 Å². The Labute approximate surface area is 167 Å². The number of nitrogens with zero attached hydrogens (tertiary/aromatic N) is 2. The van der Waals surface area contributed by atoms with Gasteiger partial charge in [0.25, 0.3) is 5.56 Å². The van der Waals surface area contributed by atoms with Gasteiger partial charge in [0.15, 0.2) is 0 Å². The number of fused-ring (bicyclic) bond motifs is 1. The highest BCUT2D eigenvalue weighted by Gasteiger charge is 2.15. The van der Waals surface area contributed by atoms with Gasteiger partial charge in [-0.25, -0.2) is 4.98 Å². The third-order valence-electron chi connectivity index (χ3n) is 4.48. The maximum Gasteiger partial charge on any atom is 0.308 e. The van der Waals surface area contributed by atoms with E-state index in [1.165, 1.54) is 6.92 Å². The van der Waals surface area contributed by atoms with Gasteiger partial charge in [-0.1, -0.05) is 12.1 Å². The van der Waals surface area contributed by atoms with Crippen molar-refractivity contribution < 1.29 is 14.3 Å². The molecule has 0 aliphatic rings. The number of aromatic nitrogens is 2. The van der Waals surface area contributed by atoms with Gasteiger partial charge in [-0.2, -0.15) is 0 Å². The Morgan fingerprint density at radius 2 is 1.55 bits per heavy atom. The number of carbonyl (C=O) groups excluding carboxylic acids is 1. The van der Waals surface area contributed by atoms with E-state index in [1.807, 2.05) is 30.3 Å². The second kappa shape index (κ2) is 7.59. The summed E-state index contributed by atoms with van der Waals surface area (Å²) in [7, 11) is 1.59. The number of hydrogen-bond acceptors (Lipinski definition) is 5. The monoisotopic (exact) mass is 386 g/mol. The quantitative estimate of drug-likeness (QED) is 0.392. The van der Waals surface area contributed by atoms with Gasteiger partial charge in [-0.05, 0) is 60.7 Å². The average Bonchev–Trinajstić information content (AvgIpc) is 2.74. The predicted molar refractivity (Wildman–Crippen MR) is 111 cm³/mol. The second-order valence-corrected chi connectivity index (χ2v) is 6.41. The van der Waals surface area contributed by atoms with E-state index in [2.05, 4.69) is 0 Å². The lowest BCUT2D eigenvalue weighted by Crippen LogP contribution is -2.21. The zero-order valence-electron chi connectivity index (χ0n) is 16.0. The summed E-state index contributed by atoms with van der Waals surface area (Å²) in [6, 6.07) is 21.4. The molecule has 3 aromatic carbocycles. The molecule has 1 heterocycles. The number of benzene rings is 3. The molecule has 4 aromatic rings. The molecule has 6 heteroatoms. The molecule has 144 valence electrons. The minimum Gasteiger partial charge on any atom is -0.497 e. The first-order valence-electron chi connectivity index (χ1n) is 9.02. The van der Waals surface area contributed by atoms with Crippen LogP contribution in [0.25, 0.3) is 28.0 Å². The Bertz CT molecular complexity index is 1240. The SMILES string of the molecule is COc1ccc(-n2c(-c3ccc(OC(C)=O)cc3)nc3ccccc3c2=O)cc1. The fourth-order valence-corrected chi connectivity index (χ4v) is 3.14. The van der Waals surface area contributed by atoms with Gasteiger partial charge in [0, 0.05) is 12.5 Å². The van der Waals surface area contributed by atoms with Gasteiger partial charge >= 0.3 is 5.97 Å². The number of ether oxygens (including phenoxy) is 2. The van der Waals surface area contributed by atoms with Crippen molar-refractivity contribution in [3.05, 3.63) is 83.2 Å². The Morgan fingerprint density at radius 1 is 0.897 bits per heavy atom. The second-order valence-electron chi connectivity index (χ2n) is 6.41. The number of para-hydroxylation sites is 1. The smallest absolute Gasteiger partial charge is 0.308 e. The van der Waals surface area contributed by atoms with Crippen LogP contribution >= 0.6 is 0 Å². The standard InChI is InChI=1S/C23H18N2O4/c1-15(26)29-19-11-7-16(8-12-19)22-24-21-6-4-3-5-20(21)23(27)25(22)17-9-13-18(28-2)14-10-17/h3-14H,1-2H3. The van der Waals surface area contributed by atoms with Gasteiger partial charge in [0.05, 0.1) is 23.7 Å². The van der Waals surface area contributed by atoms with Crippen LogP contribution < -0.4 is 15.0 Å². The van der Waals surface area contributed by atoms with E-state index < -0.39 is 5.97 Å². The number of rotatable bonds is 4. The molecule has 6 nitrogen and oxygen atoms in total. The first-order valence-corrected chi connectivity index (χ1v) is 9.02. The van der Waals surface area contributed by atoms with Crippen LogP contribution in [0.2, 0.25) is 0 Å². The third kappa shape index (κ3) is 3.60. The highest BCUT2D eigenvalue weighted by molar-refractivity contribution is 5.80. The van der Waals surface area contributed by atoms with Gasteiger partial charge in [0.1, 0.15) is 17.3 Å². The molecule has 4 rings (SSSR count). The topological polar surface area (TPSA) is 70.4 Å². The highest BCUT2D eigenvalue weighted by atomic mass is 16.5. The lowest BCUT2D eigenvalue weighted by atomic mass is 10.1. The Morgan fingerprint density at radius 3 is 2.21 bits per heavy atom. The van der Waals surface area contributed by atoms with Crippen LogP contribution in [0.1, 0.15) is 6.92 Å². The summed E-state index contributed by atoms with van der Waals surface area (Å²) in [6.07, 6.45) is 0. The minimum absolute atomic E-state index is 0.167. The van der Waals surface area contributed by atoms with Gasteiger partial charge in [-0.15, -0.1) is 0 Å². The van der Waals surface area contributed by atoms with Crippen molar-refractivity contribution in [1.82, 2.24) is 9.55 Å².